The lowest BCUT2D eigenvalue weighted by Crippen LogP contribution is -2.29. The molecule has 1 aromatic rings. The van der Waals surface area contributed by atoms with E-state index >= 15 is 0 Å². The number of alkyl halides is 1. The van der Waals surface area contributed by atoms with Crippen molar-refractivity contribution in [2.45, 2.75) is 13.0 Å². The van der Waals surface area contributed by atoms with Crippen molar-refractivity contribution in [2.75, 3.05) is 18.7 Å². The molecule has 0 saturated carbocycles. The van der Waals surface area contributed by atoms with Gasteiger partial charge in [-0.25, -0.2) is 13.1 Å². The molecule has 0 radical (unpaired) electrons. The zero-order chi connectivity index (χ0) is 13.8. The second-order valence-electron chi connectivity index (χ2n) is 3.74. The lowest BCUT2D eigenvalue weighted by Gasteiger charge is -2.15. The molecule has 102 valence electrons. The zero-order valence-electron chi connectivity index (χ0n) is 10.1. The monoisotopic (exact) mass is 355 g/mol. The Morgan fingerprint density at radius 1 is 1.50 bits per heavy atom. The van der Waals surface area contributed by atoms with E-state index in [1.807, 2.05) is 12.1 Å². The summed E-state index contributed by atoms with van der Waals surface area (Å²) in [6.45, 7) is 1.78. The van der Waals surface area contributed by atoms with Gasteiger partial charge >= 0.3 is 0 Å². The van der Waals surface area contributed by atoms with Crippen LogP contribution in [-0.4, -0.2) is 27.2 Å². The van der Waals surface area contributed by atoms with Gasteiger partial charge in [0.25, 0.3) is 0 Å². The largest absolute Gasteiger partial charge is 0.496 e. The van der Waals surface area contributed by atoms with Crippen LogP contribution >= 0.6 is 27.5 Å². The van der Waals surface area contributed by atoms with Gasteiger partial charge in [0.2, 0.25) is 10.0 Å². The highest BCUT2D eigenvalue weighted by molar-refractivity contribution is 9.10. The average molecular weight is 357 g/mol. The first-order valence-corrected chi connectivity index (χ1v) is 8.27. The van der Waals surface area contributed by atoms with E-state index in [2.05, 4.69) is 20.7 Å². The van der Waals surface area contributed by atoms with Crippen LogP contribution in [0.5, 0.6) is 5.75 Å². The standard InChI is InChI=1S/C11H15BrClNO3S/c1-8(14-18(15,16)6-5-13)9-3-4-11(17-2)10(12)7-9/h3-4,7-8,14H,5-6H2,1-2H3. The van der Waals surface area contributed by atoms with E-state index in [4.69, 9.17) is 16.3 Å². The molecule has 7 heteroatoms. The van der Waals surface area contributed by atoms with E-state index in [0.717, 1.165) is 10.0 Å². The van der Waals surface area contributed by atoms with Crippen LogP contribution in [0.1, 0.15) is 18.5 Å². The van der Waals surface area contributed by atoms with Crippen molar-refractivity contribution in [3.8, 4) is 5.75 Å². The van der Waals surface area contributed by atoms with E-state index in [0.29, 0.717) is 5.75 Å². The molecule has 0 saturated heterocycles. The molecule has 0 heterocycles. The molecule has 0 spiro atoms. The summed E-state index contributed by atoms with van der Waals surface area (Å²) in [7, 11) is -1.76. The third kappa shape index (κ3) is 4.42. The number of halogens is 2. The van der Waals surface area contributed by atoms with Crippen LogP contribution in [0.3, 0.4) is 0 Å². The molecular formula is C11H15BrClNO3S. The van der Waals surface area contributed by atoms with Gasteiger partial charge in [0.15, 0.2) is 0 Å². The van der Waals surface area contributed by atoms with Crippen LogP contribution < -0.4 is 9.46 Å². The topological polar surface area (TPSA) is 55.4 Å². The SMILES string of the molecule is COc1ccc(C(C)NS(=O)(=O)CCCl)cc1Br. The molecule has 18 heavy (non-hydrogen) atoms. The molecule has 1 atom stereocenters. The highest BCUT2D eigenvalue weighted by atomic mass is 79.9. The number of nitrogens with one attached hydrogen (secondary N) is 1. The second-order valence-corrected chi connectivity index (χ2v) is 6.85. The molecule has 0 aliphatic heterocycles. The van der Waals surface area contributed by atoms with Crippen LogP contribution in [0.25, 0.3) is 0 Å². The lowest BCUT2D eigenvalue weighted by atomic mass is 10.1. The summed E-state index contributed by atoms with van der Waals surface area (Å²) < 4.78 is 31.6. The smallest absolute Gasteiger partial charge is 0.213 e. The maximum Gasteiger partial charge on any atom is 0.213 e. The summed E-state index contributed by atoms with van der Waals surface area (Å²) in [5.41, 5.74) is 0.848. The first kappa shape index (κ1) is 15.8. The number of methoxy groups -OCH3 is 1. The number of ether oxygens (including phenoxy) is 1. The van der Waals surface area contributed by atoms with Crippen molar-refractivity contribution >= 4 is 37.6 Å². The molecule has 1 unspecified atom stereocenters. The summed E-state index contributed by atoms with van der Waals surface area (Å²) in [6.07, 6.45) is 0. The Kier molecular flexibility index (Phi) is 5.91. The van der Waals surface area contributed by atoms with Crippen LogP contribution in [0.4, 0.5) is 0 Å². The summed E-state index contributed by atoms with van der Waals surface area (Å²) >= 11 is 8.80. The van der Waals surface area contributed by atoms with Gasteiger partial charge in [-0.2, -0.15) is 0 Å². The number of sulfonamides is 1. The molecule has 1 rings (SSSR count). The summed E-state index contributed by atoms with van der Waals surface area (Å²) in [5.74, 6) is 0.694. The molecule has 0 aliphatic rings. The van der Waals surface area contributed by atoms with Crippen molar-refractivity contribution in [1.82, 2.24) is 4.72 Å². The molecule has 1 N–H and O–H groups in total. The average Bonchev–Trinajstić information content (AvgIpc) is 2.28. The minimum atomic E-state index is -3.34. The van der Waals surface area contributed by atoms with E-state index < -0.39 is 10.0 Å². The first-order valence-electron chi connectivity index (χ1n) is 5.29. The highest BCUT2D eigenvalue weighted by Crippen LogP contribution is 2.28. The van der Waals surface area contributed by atoms with Crippen molar-refractivity contribution in [1.29, 1.82) is 0 Å². The van der Waals surface area contributed by atoms with E-state index in [1.165, 1.54) is 0 Å². The molecule has 4 nitrogen and oxygen atoms in total. The van der Waals surface area contributed by atoms with Gasteiger partial charge in [0.1, 0.15) is 5.75 Å². The van der Waals surface area contributed by atoms with Crippen molar-refractivity contribution in [2.24, 2.45) is 0 Å². The summed E-state index contributed by atoms with van der Waals surface area (Å²) in [5, 5.41) is 0. The van der Waals surface area contributed by atoms with Gasteiger partial charge in [-0.15, -0.1) is 11.6 Å². The molecule has 0 amide bonds. The fraction of sp³-hybridized carbons (Fsp3) is 0.455. The fourth-order valence-electron chi connectivity index (χ4n) is 1.45. The summed E-state index contributed by atoms with van der Waals surface area (Å²) in [6, 6.07) is 5.11. The number of rotatable bonds is 6. The predicted octanol–water partition coefficient (Wildman–Crippen LogP) is 2.68. The molecule has 0 fully saturated rings. The number of benzene rings is 1. The number of hydrogen-bond donors (Lipinski definition) is 1. The molecule has 0 aliphatic carbocycles. The van der Waals surface area contributed by atoms with Gasteiger partial charge in [-0.3, -0.25) is 0 Å². The maximum absolute atomic E-state index is 11.6. The third-order valence-electron chi connectivity index (χ3n) is 2.38. The van der Waals surface area contributed by atoms with E-state index in [1.54, 1.807) is 20.1 Å². The van der Waals surface area contributed by atoms with Crippen LogP contribution in [0.2, 0.25) is 0 Å². The Morgan fingerprint density at radius 3 is 2.67 bits per heavy atom. The van der Waals surface area contributed by atoms with E-state index in [-0.39, 0.29) is 17.7 Å². The Balaban J connectivity index is 2.85. The molecular weight excluding hydrogens is 342 g/mol. The van der Waals surface area contributed by atoms with Crippen molar-refractivity contribution in [3.63, 3.8) is 0 Å². The Labute approximate surface area is 121 Å². The van der Waals surface area contributed by atoms with Gasteiger partial charge in [-0.1, -0.05) is 6.07 Å². The van der Waals surface area contributed by atoms with Crippen LogP contribution in [-0.2, 0) is 10.0 Å². The zero-order valence-corrected chi connectivity index (χ0v) is 13.3. The Bertz CT molecular complexity index is 507. The highest BCUT2D eigenvalue weighted by Gasteiger charge is 2.16. The number of hydrogen-bond acceptors (Lipinski definition) is 3. The van der Waals surface area contributed by atoms with Crippen LogP contribution in [0, 0.1) is 0 Å². The predicted molar refractivity (Wildman–Crippen MR) is 76.8 cm³/mol. The normalized spacial score (nSPS) is 13.3. The fourth-order valence-corrected chi connectivity index (χ4v) is 3.61. The molecule has 1 aromatic carbocycles. The minimum Gasteiger partial charge on any atom is -0.496 e. The quantitative estimate of drug-likeness (QED) is 0.797. The van der Waals surface area contributed by atoms with Crippen molar-refractivity contribution < 1.29 is 13.2 Å². The second kappa shape index (κ2) is 6.75. The van der Waals surface area contributed by atoms with E-state index in [9.17, 15) is 8.42 Å². The molecule has 0 bridgehead atoms. The third-order valence-corrected chi connectivity index (χ3v) is 4.87. The Hall–Kier alpha value is -0.300. The molecule has 0 aromatic heterocycles. The Morgan fingerprint density at radius 2 is 2.17 bits per heavy atom. The van der Waals surface area contributed by atoms with Gasteiger partial charge in [0.05, 0.1) is 17.3 Å². The van der Waals surface area contributed by atoms with Crippen LogP contribution in [0.15, 0.2) is 22.7 Å². The maximum atomic E-state index is 11.6. The van der Waals surface area contributed by atoms with Gasteiger partial charge < -0.3 is 4.74 Å². The van der Waals surface area contributed by atoms with Gasteiger partial charge in [-0.05, 0) is 40.5 Å². The van der Waals surface area contributed by atoms with Crippen molar-refractivity contribution in [3.05, 3.63) is 28.2 Å². The summed E-state index contributed by atoms with van der Waals surface area (Å²) in [4.78, 5) is 0. The van der Waals surface area contributed by atoms with Gasteiger partial charge in [0, 0.05) is 11.9 Å². The minimum absolute atomic E-state index is 0.0777. The first-order chi connectivity index (χ1) is 8.39. The lowest BCUT2D eigenvalue weighted by molar-refractivity contribution is 0.412.